The fourth-order valence-electron chi connectivity index (χ4n) is 1.08. The van der Waals surface area contributed by atoms with E-state index < -0.39 is 11.5 Å². The van der Waals surface area contributed by atoms with Crippen LogP contribution in [0.3, 0.4) is 0 Å². The monoisotopic (exact) mass is 185 g/mol. The molecule has 72 valence electrons. The minimum atomic E-state index is -1.36. The predicted molar refractivity (Wildman–Crippen MR) is 44.7 cm³/mol. The van der Waals surface area contributed by atoms with Crippen molar-refractivity contribution in [2.24, 2.45) is 0 Å². The second kappa shape index (κ2) is 2.69. The molecule has 1 rings (SSSR count). The second-order valence-corrected chi connectivity index (χ2v) is 3.25. The second-order valence-electron chi connectivity index (χ2n) is 3.25. The Bertz CT molecular complexity index is 320. The molecule has 0 bridgehead atoms. The number of carboxylic acid groups (broad SMARTS) is 1. The van der Waals surface area contributed by atoms with Crippen molar-refractivity contribution < 1.29 is 20.1 Å². The van der Waals surface area contributed by atoms with E-state index in [1.165, 1.54) is 26.0 Å². The minimum Gasteiger partial charge on any atom is -0.494 e. The molecule has 0 aliphatic heterocycles. The van der Waals surface area contributed by atoms with Gasteiger partial charge in [0.2, 0.25) is 0 Å². The molecule has 0 aromatic carbocycles. The first-order valence-corrected chi connectivity index (χ1v) is 3.71. The van der Waals surface area contributed by atoms with E-state index in [1.807, 2.05) is 0 Å². The molecule has 0 atom stereocenters. The Morgan fingerprint density at radius 3 is 2.00 bits per heavy atom. The Morgan fingerprint density at radius 2 is 1.69 bits per heavy atom. The molecular formula is C8H11NO4. The van der Waals surface area contributed by atoms with E-state index in [1.54, 1.807) is 0 Å². The number of aliphatic carboxylic acids is 1. The van der Waals surface area contributed by atoms with E-state index >= 15 is 0 Å². The number of rotatable bonds is 2. The third-order valence-electron chi connectivity index (χ3n) is 1.92. The van der Waals surface area contributed by atoms with E-state index in [-0.39, 0.29) is 11.8 Å². The van der Waals surface area contributed by atoms with Gasteiger partial charge >= 0.3 is 5.97 Å². The van der Waals surface area contributed by atoms with Crippen LogP contribution in [-0.2, 0) is 10.3 Å². The van der Waals surface area contributed by atoms with Gasteiger partial charge < -0.3 is 15.3 Å². The van der Waals surface area contributed by atoms with Crippen LogP contribution in [0.5, 0.6) is 11.8 Å². The van der Waals surface area contributed by atoms with Crippen LogP contribution in [0.1, 0.15) is 13.8 Å². The topological polar surface area (TPSA) is 82.7 Å². The van der Waals surface area contributed by atoms with Gasteiger partial charge in [0, 0.05) is 12.1 Å². The maximum Gasteiger partial charge on any atom is 0.329 e. The zero-order valence-electron chi connectivity index (χ0n) is 7.35. The summed E-state index contributed by atoms with van der Waals surface area (Å²) in [5, 5.41) is 27.3. The van der Waals surface area contributed by atoms with Crippen LogP contribution >= 0.6 is 0 Å². The summed E-state index contributed by atoms with van der Waals surface area (Å²) in [5.74, 6) is -1.68. The zero-order chi connectivity index (χ0) is 10.2. The Hall–Kier alpha value is -1.65. The standard InChI is InChI=1S/C8H11NO4/c1-8(2,7(12)13)9-5(10)3-4-6(9)11/h3-4,10-11H,1-2H3,(H,12,13). The zero-order valence-corrected chi connectivity index (χ0v) is 7.35. The molecule has 0 saturated heterocycles. The molecule has 1 aromatic rings. The Balaban J connectivity index is 3.28. The highest BCUT2D eigenvalue weighted by atomic mass is 16.4. The van der Waals surface area contributed by atoms with Crippen LogP contribution in [0.15, 0.2) is 12.1 Å². The Labute approximate surface area is 74.9 Å². The summed E-state index contributed by atoms with van der Waals surface area (Å²) < 4.78 is 0.940. The summed E-state index contributed by atoms with van der Waals surface area (Å²) >= 11 is 0. The highest BCUT2D eigenvalue weighted by Gasteiger charge is 2.33. The van der Waals surface area contributed by atoms with Gasteiger partial charge in [0.25, 0.3) is 0 Å². The number of aromatic nitrogens is 1. The number of carboxylic acids is 1. The van der Waals surface area contributed by atoms with Gasteiger partial charge in [-0.25, -0.2) is 4.79 Å². The van der Waals surface area contributed by atoms with Gasteiger partial charge in [-0.1, -0.05) is 0 Å². The summed E-state index contributed by atoms with van der Waals surface area (Å²) in [6.45, 7) is 2.77. The molecule has 1 heterocycles. The molecule has 5 heteroatoms. The van der Waals surface area contributed by atoms with E-state index in [0.717, 1.165) is 4.57 Å². The fourth-order valence-corrected chi connectivity index (χ4v) is 1.08. The van der Waals surface area contributed by atoms with Crippen molar-refractivity contribution in [1.29, 1.82) is 0 Å². The van der Waals surface area contributed by atoms with E-state index in [0.29, 0.717) is 0 Å². The average Bonchev–Trinajstić information content (AvgIpc) is 2.30. The van der Waals surface area contributed by atoms with E-state index in [2.05, 4.69) is 0 Å². The van der Waals surface area contributed by atoms with Gasteiger partial charge in [-0.2, -0.15) is 0 Å². The molecule has 1 aromatic heterocycles. The van der Waals surface area contributed by atoms with Crippen molar-refractivity contribution in [3.63, 3.8) is 0 Å². The van der Waals surface area contributed by atoms with Crippen molar-refractivity contribution in [1.82, 2.24) is 4.57 Å². The first-order chi connectivity index (χ1) is 5.87. The Kier molecular flexibility index (Phi) is 1.95. The Morgan fingerprint density at radius 1 is 1.31 bits per heavy atom. The minimum absolute atomic E-state index is 0.273. The molecule has 5 nitrogen and oxygen atoms in total. The quantitative estimate of drug-likeness (QED) is 0.634. The van der Waals surface area contributed by atoms with Crippen molar-refractivity contribution >= 4 is 5.97 Å². The van der Waals surface area contributed by atoms with Gasteiger partial charge in [0.05, 0.1) is 0 Å². The lowest BCUT2D eigenvalue weighted by atomic mass is 10.1. The van der Waals surface area contributed by atoms with Crippen molar-refractivity contribution in [2.75, 3.05) is 0 Å². The van der Waals surface area contributed by atoms with Crippen molar-refractivity contribution in [3.05, 3.63) is 12.1 Å². The fraction of sp³-hybridized carbons (Fsp3) is 0.375. The van der Waals surface area contributed by atoms with Gasteiger partial charge in [-0.3, -0.25) is 4.57 Å². The maximum atomic E-state index is 10.8. The highest BCUT2D eigenvalue weighted by molar-refractivity contribution is 5.76. The van der Waals surface area contributed by atoms with Crippen LogP contribution in [0, 0.1) is 0 Å². The van der Waals surface area contributed by atoms with Crippen LogP contribution < -0.4 is 0 Å². The summed E-state index contributed by atoms with van der Waals surface area (Å²) in [4.78, 5) is 10.8. The molecule has 0 amide bonds. The van der Waals surface area contributed by atoms with Gasteiger partial charge in [-0.05, 0) is 13.8 Å². The lowest BCUT2D eigenvalue weighted by Gasteiger charge is -2.22. The largest absolute Gasteiger partial charge is 0.494 e. The summed E-state index contributed by atoms with van der Waals surface area (Å²) in [7, 11) is 0. The van der Waals surface area contributed by atoms with E-state index in [9.17, 15) is 15.0 Å². The SMILES string of the molecule is CC(C)(C(=O)O)n1c(O)ccc1O. The van der Waals surface area contributed by atoms with Gasteiger partial charge in [-0.15, -0.1) is 0 Å². The lowest BCUT2D eigenvalue weighted by molar-refractivity contribution is -0.146. The molecule has 0 radical (unpaired) electrons. The van der Waals surface area contributed by atoms with Crippen molar-refractivity contribution in [3.8, 4) is 11.8 Å². The molecule has 0 aliphatic rings. The molecular weight excluding hydrogens is 174 g/mol. The lowest BCUT2D eigenvalue weighted by Crippen LogP contribution is -2.34. The third-order valence-corrected chi connectivity index (χ3v) is 1.92. The normalized spacial score (nSPS) is 11.5. The number of hydrogen-bond acceptors (Lipinski definition) is 3. The van der Waals surface area contributed by atoms with Crippen LogP contribution in [0.4, 0.5) is 0 Å². The van der Waals surface area contributed by atoms with Crippen molar-refractivity contribution in [2.45, 2.75) is 19.4 Å². The van der Waals surface area contributed by atoms with Gasteiger partial charge in [0.15, 0.2) is 11.8 Å². The third kappa shape index (κ3) is 1.32. The van der Waals surface area contributed by atoms with Crippen LogP contribution in [0.25, 0.3) is 0 Å². The average molecular weight is 185 g/mol. The maximum absolute atomic E-state index is 10.8. The summed E-state index contributed by atoms with van der Waals surface area (Å²) in [6, 6.07) is 2.47. The summed E-state index contributed by atoms with van der Waals surface area (Å²) in [6.07, 6.45) is 0. The first kappa shape index (κ1) is 9.44. The molecule has 0 unspecified atom stereocenters. The van der Waals surface area contributed by atoms with Crippen LogP contribution in [-0.4, -0.2) is 25.9 Å². The molecule has 0 saturated carbocycles. The number of nitrogens with zero attached hydrogens (tertiary/aromatic N) is 1. The first-order valence-electron chi connectivity index (χ1n) is 3.71. The molecule has 0 fully saturated rings. The van der Waals surface area contributed by atoms with Crippen LogP contribution in [0.2, 0.25) is 0 Å². The molecule has 0 spiro atoms. The molecule has 0 aliphatic carbocycles. The summed E-state index contributed by atoms with van der Waals surface area (Å²) in [5.41, 5.74) is -1.36. The number of carbonyl (C=O) groups is 1. The number of aromatic hydroxyl groups is 2. The van der Waals surface area contributed by atoms with E-state index in [4.69, 9.17) is 5.11 Å². The highest BCUT2D eigenvalue weighted by Crippen LogP contribution is 2.30. The van der Waals surface area contributed by atoms with Gasteiger partial charge in [0.1, 0.15) is 5.54 Å². The number of hydrogen-bond donors (Lipinski definition) is 3. The molecule has 13 heavy (non-hydrogen) atoms. The predicted octanol–water partition coefficient (Wildman–Crippen LogP) is 0.719. The smallest absolute Gasteiger partial charge is 0.329 e. The molecule has 3 N–H and O–H groups in total.